The summed E-state index contributed by atoms with van der Waals surface area (Å²) in [7, 11) is -4.67. The van der Waals surface area contributed by atoms with Gasteiger partial charge in [-0.2, -0.15) is 8.78 Å². The highest BCUT2D eigenvalue weighted by molar-refractivity contribution is 7.89. The Morgan fingerprint density at radius 3 is 2.47 bits per heavy atom. The molecule has 0 unspecified atom stereocenters. The molecule has 1 aromatic carbocycles. The van der Waals surface area contributed by atoms with Crippen LogP contribution in [-0.2, 0) is 22.5 Å². The minimum atomic E-state index is -4.67. The lowest BCUT2D eigenvalue weighted by Gasteiger charge is -2.18. The number of hydrogen-bond acceptors (Lipinski definition) is 6. The van der Waals surface area contributed by atoms with E-state index >= 15 is 0 Å². The number of benzene rings is 1. The molecule has 4 heterocycles. The zero-order valence-electron chi connectivity index (χ0n) is 17.9. The van der Waals surface area contributed by atoms with E-state index in [2.05, 4.69) is 10.1 Å². The molecule has 4 aromatic rings. The number of aromatic nitrogens is 4. The van der Waals surface area contributed by atoms with Gasteiger partial charge in [-0.25, -0.2) is 40.1 Å². The summed E-state index contributed by atoms with van der Waals surface area (Å²) in [6.45, 7) is 0.622. The van der Waals surface area contributed by atoms with Gasteiger partial charge in [0, 0.05) is 30.1 Å². The summed E-state index contributed by atoms with van der Waals surface area (Å²) in [6, 6.07) is -1.92. The summed E-state index contributed by atoms with van der Waals surface area (Å²) in [5, 5.41) is 3.47. The second-order valence-electron chi connectivity index (χ2n) is 8.03. The van der Waals surface area contributed by atoms with Crippen LogP contribution in [0, 0.1) is 24.4 Å². The molecule has 0 aliphatic carbocycles. The van der Waals surface area contributed by atoms with Gasteiger partial charge in [-0.15, -0.1) is 0 Å². The normalized spacial score (nSPS) is 17.1. The first kappa shape index (κ1) is 24.1. The smallest absolute Gasteiger partial charge is 0.334 e. The molecule has 1 aliphatic heterocycles. The van der Waals surface area contributed by atoms with Crippen molar-refractivity contribution in [3.8, 4) is 17.1 Å². The summed E-state index contributed by atoms with van der Waals surface area (Å²) < 4.78 is 116. The van der Waals surface area contributed by atoms with Gasteiger partial charge in [0.15, 0.2) is 11.4 Å². The molecule has 16 heteroatoms. The van der Waals surface area contributed by atoms with Crippen molar-refractivity contribution in [3.05, 3.63) is 63.7 Å². The molecular formula is C20H13F6N5O4S. The van der Waals surface area contributed by atoms with Crippen LogP contribution >= 0.6 is 0 Å². The zero-order valence-corrected chi connectivity index (χ0v) is 18.7. The Bertz CT molecular complexity index is 1690. The molecule has 36 heavy (non-hydrogen) atoms. The molecule has 5 rings (SSSR count). The van der Waals surface area contributed by atoms with Gasteiger partial charge in [-0.3, -0.25) is 9.55 Å². The fourth-order valence-electron chi connectivity index (χ4n) is 4.09. The highest BCUT2D eigenvalue weighted by atomic mass is 32.2. The van der Waals surface area contributed by atoms with Gasteiger partial charge >= 0.3 is 11.6 Å². The van der Waals surface area contributed by atoms with Gasteiger partial charge < -0.3 is 4.52 Å². The number of fused-ring (bicyclic) bond motifs is 2. The van der Waals surface area contributed by atoms with Gasteiger partial charge in [-0.1, -0.05) is 5.16 Å². The average Bonchev–Trinajstić information content (AvgIpc) is 3.40. The maximum absolute atomic E-state index is 14.9. The predicted octanol–water partition coefficient (Wildman–Crippen LogP) is 2.89. The number of sulfonamides is 1. The largest absolute Gasteiger partial charge is 0.354 e. The Balaban J connectivity index is 1.70. The predicted molar refractivity (Wildman–Crippen MR) is 111 cm³/mol. The topological polar surface area (TPSA) is 112 Å². The lowest BCUT2D eigenvalue weighted by atomic mass is 10.1. The lowest BCUT2D eigenvalue weighted by Crippen LogP contribution is -2.45. The van der Waals surface area contributed by atoms with Crippen LogP contribution < -0.4 is 10.4 Å². The van der Waals surface area contributed by atoms with Gasteiger partial charge in [-0.05, 0) is 6.92 Å². The van der Waals surface area contributed by atoms with Gasteiger partial charge in [0.1, 0.15) is 29.2 Å². The number of nitrogens with zero attached hydrogens (tertiary/aromatic N) is 4. The van der Waals surface area contributed by atoms with Crippen LogP contribution in [0.4, 0.5) is 26.3 Å². The molecule has 0 saturated heterocycles. The number of alkyl halides is 3. The van der Waals surface area contributed by atoms with Crippen molar-refractivity contribution in [1.82, 2.24) is 24.0 Å². The minimum Gasteiger partial charge on any atom is -0.354 e. The van der Waals surface area contributed by atoms with Crippen molar-refractivity contribution >= 4 is 21.0 Å². The van der Waals surface area contributed by atoms with E-state index in [0.717, 1.165) is 0 Å². The number of nitrogens with one attached hydrogen (secondary N) is 1. The van der Waals surface area contributed by atoms with E-state index in [1.165, 1.54) is 17.7 Å². The molecule has 1 aliphatic rings. The third kappa shape index (κ3) is 3.59. The van der Waals surface area contributed by atoms with E-state index in [1.54, 1.807) is 0 Å². The first-order valence-electron chi connectivity index (χ1n) is 10.0. The van der Waals surface area contributed by atoms with E-state index in [1.807, 2.05) is 0 Å². The molecule has 9 nitrogen and oxygen atoms in total. The Morgan fingerprint density at radius 2 is 1.86 bits per heavy atom. The van der Waals surface area contributed by atoms with Crippen molar-refractivity contribution in [1.29, 1.82) is 0 Å². The van der Waals surface area contributed by atoms with Crippen LogP contribution in [0.1, 0.15) is 11.4 Å². The molecule has 0 bridgehead atoms. The zero-order chi connectivity index (χ0) is 26.2. The summed E-state index contributed by atoms with van der Waals surface area (Å²) >= 11 is 0. The van der Waals surface area contributed by atoms with E-state index in [-0.39, 0.29) is 16.7 Å². The monoisotopic (exact) mass is 533 g/mol. The van der Waals surface area contributed by atoms with E-state index < -0.39 is 80.4 Å². The number of imidazole rings is 1. The van der Waals surface area contributed by atoms with Crippen molar-refractivity contribution < 1.29 is 39.3 Å². The Hall–Kier alpha value is -3.66. The number of halogens is 6. The molecule has 3 aromatic heterocycles. The second kappa shape index (κ2) is 7.92. The highest BCUT2D eigenvalue weighted by Gasteiger charge is 2.52. The summed E-state index contributed by atoms with van der Waals surface area (Å²) in [5.74, 6) is -8.21. The molecule has 1 atom stereocenters. The van der Waals surface area contributed by atoms with Crippen LogP contribution in [0.3, 0.4) is 0 Å². The number of rotatable bonds is 5. The van der Waals surface area contributed by atoms with Crippen LogP contribution in [0.2, 0.25) is 0 Å². The third-order valence-electron chi connectivity index (χ3n) is 5.63. The van der Waals surface area contributed by atoms with Gasteiger partial charge in [0.2, 0.25) is 16.0 Å². The number of hydrogen-bond donors (Lipinski definition) is 1. The maximum Gasteiger partial charge on any atom is 0.334 e. The Kier molecular flexibility index (Phi) is 5.29. The molecule has 0 fully saturated rings. The molecule has 0 amide bonds. The average molecular weight is 533 g/mol. The molecule has 0 radical (unpaired) electrons. The number of pyridine rings is 1. The van der Waals surface area contributed by atoms with Crippen LogP contribution in [0.5, 0.6) is 0 Å². The van der Waals surface area contributed by atoms with Crippen LogP contribution in [-0.4, -0.2) is 39.7 Å². The van der Waals surface area contributed by atoms with Crippen molar-refractivity contribution in [2.75, 3.05) is 6.01 Å². The van der Waals surface area contributed by atoms with Crippen LogP contribution in [0.15, 0.2) is 33.7 Å². The first-order chi connectivity index (χ1) is 16.8. The summed E-state index contributed by atoms with van der Waals surface area (Å²) in [4.78, 5) is 17.1. The quantitative estimate of drug-likeness (QED) is 0.395. The second-order valence-corrected chi connectivity index (χ2v) is 9.71. The van der Waals surface area contributed by atoms with E-state index in [9.17, 15) is 39.6 Å². The SMILES string of the molecule is Cc1cc2onc(-n3cc4n(c3=O)C[C@@H](NS(=O)(=O)CF)C4(F)F)c2c(-c2c(F)cc(F)cc2F)n1. The maximum atomic E-state index is 14.9. The standard InChI is InChI=1S/C20H13F6N5O4S/c1-8-2-12-16(17(27-8)15-10(23)3-9(22)4-11(15)24)18(28-35-12)31-6-14-20(25,26)13(5-30(14)19(31)32)29-36(33,34)7-21/h2-4,6,13,29H,5,7H2,1H3/t13-/m1/s1. The Morgan fingerprint density at radius 1 is 1.19 bits per heavy atom. The Labute approximate surface area is 197 Å². The fourth-order valence-corrected chi connectivity index (χ4v) is 4.81. The highest BCUT2D eigenvalue weighted by Crippen LogP contribution is 2.39. The molecule has 0 spiro atoms. The molecular weight excluding hydrogens is 520 g/mol. The molecule has 0 saturated carbocycles. The van der Waals surface area contributed by atoms with Gasteiger partial charge in [0.05, 0.1) is 23.2 Å². The fraction of sp³-hybridized carbons (Fsp3) is 0.250. The van der Waals surface area contributed by atoms with E-state index in [0.29, 0.717) is 27.5 Å². The number of aryl methyl sites for hydroxylation is 1. The van der Waals surface area contributed by atoms with Gasteiger partial charge in [0.25, 0.3) is 0 Å². The van der Waals surface area contributed by atoms with Crippen molar-refractivity contribution in [3.63, 3.8) is 0 Å². The van der Waals surface area contributed by atoms with Crippen molar-refractivity contribution in [2.24, 2.45) is 0 Å². The summed E-state index contributed by atoms with van der Waals surface area (Å²) in [5.41, 5.74) is -3.11. The van der Waals surface area contributed by atoms with Crippen LogP contribution in [0.25, 0.3) is 28.0 Å². The molecule has 190 valence electrons. The lowest BCUT2D eigenvalue weighted by molar-refractivity contribution is -0.0249. The van der Waals surface area contributed by atoms with Crippen molar-refractivity contribution in [2.45, 2.75) is 25.4 Å². The molecule has 1 N–H and O–H groups in total. The van der Waals surface area contributed by atoms with E-state index in [4.69, 9.17) is 4.52 Å². The minimum absolute atomic E-state index is 0.103. The summed E-state index contributed by atoms with van der Waals surface area (Å²) in [6.07, 6.45) is 0.657. The third-order valence-corrected chi connectivity index (χ3v) is 6.56. The first-order valence-corrected chi connectivity index (χ1v) is 11.7.